The predicted octanol–water partition coefficient (Wildman–Crippen LogP) is 6.44. The fourth-order valence-corrected chi connectivity index (χ4v) is 4.54. The van der Waals surface area contributed by atoms with Crippen molar-refractivity contribution in [1.29, 1.82) is 0 Å². The van der Waals surface area contributed by atoms with E-state index in [1.807, 2.05) is 36.4 Å². The molecule has 2 aromatic carbocycles. The highest BCUT2D eigenvalue weighted by Crippen LogP contribution is 2.35. The minimum atomic E-state index is -0.906. The minimum absolute atomic E-state index is 0.0792. The van der Waals surface area contributed by atoms with E-state index in [0.717, 1.165) is 36.0 Å². The Labute approximate surface area is 184 Å². The van der Waals surface area contributed by atoms with Crippen molar-refractivity contribution in [3.63, 3.8) is 0 Å². The van der Waals surface area contributed by atoms with Gasteiger partial charge in [-0.05, 0) is 72.4 Å². The summed E-state index contributed by atoms with van der Waals surface area (Å²) in [4.78, 5) is 11.5. The lowest BCUT2D eigenvalue weighted by molar-refractivity contribution is 0.0697. The molecule has 162 valence electrons. The van der Waals surface area contributed by atoms with Crippen LogP contribution in [0.3, 0.4) is 0 Å². The number of hydrogen-bond donors (Lipinski definition) is 2. The molecule has 0 fully saturated rings. The van der Waals surface area contributed by atoms with Gasteiger partial charge in [-0.1, -0.05) is 55.8 Å². The zero-order chi connectivity index (χ0) is 21.6. The largest absolute Gasteiger partial charge is 0.478 e. The molecule has 1 aliphatic heterocycles. The van der Waals surface area contributed by atoms with E-state index in [9.17, 15) is 9.90 Å². The predicted molar refractivity (Wildman–Crippen MR) is 124 cm³/mol. The van der Waals surface area contributed by atoms with Crippen molar-refractivity contribution in [2.75, 3.05) is 0 Å². The van der Waals surface area contributed by atoms with Crippen LogP contribution in [0.15, 0.2) is 71.6 Å². The molecular weight excluding hydrogens is 386 g/mol. The number of dihydropyridines is 1. The summed E-state index contributed by atoms with van der Waals surface area (Å²) in [6, 6.07) is 15.2. The number of carboxylic acids is 1. The number of unbranched alkanes of at least 4 members (excludes halogenated alkanes) is 1. The molecule has 0 spiro atoms. The van der Waals surface area contributed by atoms with Crippen LogP contribution in [0.1, 0.15) is 67.8 Å². The average Bonchev–Trinajstić information content (AvgIpc) is 2.82. The molecule has 2 aromatic rings. The topological polar surface area (TPSA) is 58.6 Å². The summed E-state index contributed by atoms with van der Waals surface area (Å²) < 4.78 is 6.50. The molecule has 0 aromatic heterocycles. The third-order valence-corrected chi connectivity index (χ3v) is 6.25. The zero-order valence-corrected chi connectivity index (χ0v) is 18.2. The Kier molecular flexibility index (Phi) is 6.88. The van der Waals surface area contributed by atoms with Crippen molar-refractivity contribution < 1.29 is 14.6 Å². The standard InChI is InChI=1S/C27H31NO3/c1-2-3-8-21-17-28-25-12-7-6-11-24(25)26(21)31-18-19-13-15-20(16-14-19)22-9-4-5-10-23(22)27(29)30/h4-5,9-10,13-17,26,28H,2-3,6-8,11-12,18H2,1H3,(H,29,30). The minimum Gasteiger partial charge on any atom is -0.478 e. The summed E-state index contributed by atoms with van der Waals surface area (Å²) in [5, 5.41) is 13.0. The first-order valence-electron chi connectivity index (χ1n) is 11.4. The first kappa shape index (κ1) is 21.4. The van der Waals surface area contributed by atoms with E-state index >= 15 is 0 Å². The van der Waals surface area contributed by atoms with Gasteiger partial charge < -0.3 is 15.2 Å². The van der Waals surface area contributed by atoms with Crippen LogP contribution >= 0.6 is 0 Å². The van der Waals surface area contributed by atoms with Crippen molar-refractivity contribution in [3.8, 4) is 11.1 Å². The average molecular weight is 418 g/mol. The SMILES string of the molecule is CCCCC1=CNC2=C(CCCC2)C1OCc1ccc(-c2ccccc2C(=O)O)cc1. The smallest absolute Gasteiger partial charge is 0.336 e. The normalized spacial score (nSPS) is 18.2. The second-order valence-corrected chi connectivity index (χ2v) is 8.42. The number of rotatable bonds is 8. The van der Waals surface area contributed by atoms with Crippen LogP contribution in [-0.2, 0) is 11.3 Å². The van der Waals surface area contributed by atoms with Gasteiger partial charge in [0.05, 0.1) is 12.2 Å². The number of benzene rings is 2. The molecule has 4 rings (SSSR count). The number of carbonyl (C=O) groups is 1. The van der Waals surface area contributed by atoms with Gasteiger partial charge in [0.1, 0.15) is 6.10 Å². The van der Waals surface area contributed by atoms with E-state index in [4.69, 9.17) is 4.74 Å². The van der Waals surface area contributed by atoms with Gasteiger partial charge in [-0.25, -0.2) is 4.79 Å². The monoisotopic (exact) mass is 417 g/mol. The van der Waals surface area contributed by atoms with E-state index in [0.29, 0.717) is 12.2 Å². The van der Waals surface area contributed by atoms with E-state index in [1.165, 1.54) is 42.5 Å². The van der Waals surface area contributed by atoms with Crippen LogP contribution in [0.2, 0.25) is 0 Å². The Hall–Kier alpha value is -2.85. The number of hydrogen-bond acceptors (Lipinski definition) is 3. The number of ether oxygens (including phenoxy) is 1. The maximum absolute atomic E-state index is 11.5. The fourth-order valence-electron chi connectivity index (χ4n) is 4.54. The first-order chi connectivity index (χ1) is 15.2. The number of nitrogens with one attached hydrogen (secondary N) is 1. The highest BCUT2D eigenvalue weighted by Gasteiger charge is 2.28. The molecular formula is C27H31NO3. The van der Waals surface area contributed by atoms with Crippen LogP contribution < -0.4 is 5.32 Å². The molecule has 1 heterocycles. The zero-order valence-electron chi connectivity index (χ0n) is 18.2. The molecule has 2 N–H and O–H groups in total. The molecule has 0 saturated carbocycles. The third kappa shape index (κ3) is 4.91. The summed E-state index contributed by atoms with van der Waals surface area (Å²) in [5.41, 5.74) is 7.22. The van der Waals surface area contributed by atoms with Crippen molar-refractivity contribution in [2.45, 2.75) is 64.6 Å². The van der Waals surface area contributed by atoms with E-state index in [1.54, 1.807) is 12.1 Å². The molecule has 4 nitrogen and oxygen atoms in total. The van der Waals surface area contributed by atoms with Crippen molar-refractivity contribution in [2.24, 2.45) is 0 Å². The molecule has 0 bridgehead atoms. The quantitative estimate of drug-likeness (QED) is 0.519. The summed E-state index contributed by atoms with van der Waals surface area (Å²) in [6.07, 6.45) is 10.4. The molecule has 2 aliphatic rings. The lowest BCUT2D eigenvalue weighted by Crippen LogP contribution is -2.30. The number of allylic oxidation sites excluding steroid dienone is 1. The maximum atomic E-state index is 11.5. The van der Waals surface area contributed by atoms with Gasteiger partial charge in [-0.3, -0.25) is 0 Å². The Morgan fingerprint density at radius 2 is 1.87 bits per heavy atom. The van der Waals surface area contributed by atoms with Gasteiger partial charge in [-0.2, -0.15) is 0 Å². The molecule has 1 aliphatic carbocycles. The molecule has 0 amide bonds. The Bertz CT molecular complexity index is 988. The molecule has 31 heavy (non-hydrogen) atoms. The highest BCUT2D eigenvalue weighted by atomic mass is 16.5. The lowest BCUT2D eigenvalue weighted by atomic mass is 9.85. The van der Waals surface area contributed by atoms with E-state index in [-0.39, 0.29) is 6.10 Å². The van der Waals surface area contributed by atoms with Crippen LogP contribution in [0, 0.1) is 0 Å². The van der Waals surface area contributed by atoms with Crippen LogP contribution in [0.5, 0.6) is 0 Å². The Balaban J connectivity index is 1.49. The van der Waals surface area contributed by atoms with Gasteiger partial charge >= 0.3 is 5.97 Å². The van der Waals surface area contributed by atoms with Crippen LogP contribution in [0.4, 0.5) is 0 Å². The van der Waals surface area contributed by atoms with Gasteiger partial charge in [0.15, 0.2) is 0 Å². The third-order valence-electron chi connectivity index (χ3n) is 6.25. The lowest BCUT2D eigenvalue weighted by Gasteiger charge is -2.33. The van der Waals surface area contributed by atoms with E-state index < -0.39 is 5.97 Å². The fraction of sp³-hybridized carbons (Fsp3) is 0.370. The van der Waals surface area contributed by atoms with Gasteiger partial charge in [-0.15, -0.1) is 0 Å². The van der Waals surface area contributed by atoms with Gasteiger partial charge in [0.25, 0.3) is 0 Å². The molecule has 4 heteroatoms. The van der Waals surface area contributed by atoms with Crippen molar-refractivity contribution in [1.82, 2.24) is 5.32 Å². The summed E-state index contributed by atoms with van der Waals surface area (Å²) in [6.45, 7) is 2.77. The summed E-state index contributed by atoms with van der Waals surface area (Å²) in [5.74, 6) is -0.906. The van der Waals surface area contributed by atoms with Crippen molar-refractivity contribution >= 4 is 5.97 Å². The Morgan fingerprint density at radius 1 is 1.10 bits per heavy atom. The number of carboxylic acid groups (broad SMARTS) is 1. The van der Waals surface area contributed by atoms with Crippen LogP contribution in [-0.4, -0.2) is 17.2 Å². The summed E-state index contributed by atoms with van der Waals surface area (Å²) in [7, 11) is 0. The number of aromatic carboxylic acids is 1. The molecule has 1 atom stereocenters. The first-order valence-corrected chi connectivity index (χ1v) is 11.4. The molecule has 0 saturated heterocycles. The van der Waals surface area contributed by atoms with Crippen molar-refractivity contribution in [3.05, 3.63) is 82.7 Å². The maximum Gasteiger partial charge on any atom is 0.336 e. The van der Waals surface area contributed by atoms with Gasteiger partial charge in [0, 0.05) is 11.9 Å². The second kappa shape index (κ2) is 9.97. The van der Waals surface area contributed by atoms with Gasteiger partial charge in [0.2, 0.25) is 0 Å². The molecule has 1 unspecified atom stereocenters. The summed E-state index contributed by atoms with van der Waals surface area (Å²) >= 11 is 0. The highest BCUT2D eigenvalue weighted by molar-refractivity contribution is 5.95. The molecule has 0 radical (unpaired) electrons. The second-order valence-electron chi connectivity index (χ2n) is 8.42. The Morgan fingerprint density at radius 3 is 2.65 bits per heavy atom. The van der Waals surface area contributed by atoms with Crippen LogP contribution in [0.25, 0.3) is 11.1 Å². The van der Waals surface area contributed by atoms with E-state index in [2.05, 4.69) is 18.4 Å².